The van der Waals surface area contributed by atoms with Crippen LogP contribution in [0.1, 0.15) is 65.2 Å². The maximum atomic E-state index is 10.1. The minimum atomic E-state index is -2.12. The molecule has 1 N–H and O–H groups in total. The van der Waals surface area contributed by atoms with Crippen LogP contribution in [0.3, 0.4) is 0 Å². The lowest BCUT2D eigenvalue weighted by molar-refractivity contribution is 0.258. The van der Waals surface area contributed by atoms with E-state index in [1.165, 1.54) is 0 Å². The Kier molecular flexibility index (Phi) is 3.40. The molecule has 0 radical (unpaired) electrons. The van der Waals surface area contributed by atoms with Crippen LogP contribution in [0.4, 0.5) is 0 Å². The van der Waals surface area contributed by atoms with E-state index >= 15 is 0 Å². The molecule has 0 heterocycles. The van der Waals surface area contributed by atoms with Crippen LogP contribution in [0.5, 0.6) is 0 Å². The molecule has 0 saturated carbocycles. The lowest BCUT2D eigenvalue weighted by atomic mass is 9.81. The highest BCUT2D eigenvalue weighted by molar-refractivity contribution is 4.96. The minimum absolute atomic E-state index is 0.183. The summed E-state index contributed by atoms with van der Waals surface area (Å²) in [5.41, 5.74) is 0. The molecular formula is C15H28O. The zero-order chi connectivity index (χ0) is 15.7. The summed E-state index contributed by atoms with van der Waals surface area (Å²) in [5, 5.41) is 10.1. The second-order valence-electron chi connectivity index (χ2n) is 5.44. The van der Waals surface area contributed by atoms with E-state index in [4.69, 9.17) is 5.48 Å². The second kappa shape index (κ2) is 6.32. The van der Waals surface area contributed by atoms with Crippen molar-refractivity contribution in [2.75, 3.05) is 0 Å². The fourth-order valence-electron chi connectivity index (χ4n) is 2.17. The molecule has 0 fully saturated rings. The molecular weight excluding hydrogens is 196 g/mol. The Morgan fingerprint density at radius 2 is 2.00 bits per heavy atom. The molecule has 1 rings (SSSR count). The van der Waals surface area contributed by atoms with Gasteiger partial charge in [-0.2, -0.15) is 0 Å². The van der Waals surface area contributed by atoms with E-state index in [1.54, 1.807) is 6.92 Å². The standard InChI is InChI=1S/C15H28O/c1-11(2)14-8-5-12(3)6-10-15(16)13(4)7-9-14/h10-14,16H,5-9H2,1-4H3/b15-10+/t12-,13-,14+/m1/s1/i6D2,10D,12D. The zero-order valence-corrected chi connectivity index (χ0v) is 11.0. The van der Waals surface area contributed by atoms with Gasteiger partial charge in [0.05, 0.1) is 7.13 Å². The van der Waals surface area contributed by atoms with Crippen molar-refractivity contribution >= 4 is 0 Å². The van der Waals surface area contributed by atoms with E-state index in [9.17, 15) is 5.11 Å². The van der Waals surface area contributed by atoms with E-state index in [-0.39, 0.29) is 11.7 Å². The van der Waals surface area contributed by atoms with Crippen molar-refractivity contribution in [3.63, 3.8) is 0 Å². The third kappa shape index (κ3) is 4.19. The van der Waals surface area contributed by atoms with E-state index < -0.39 is 18.3 Å². The molecule has 16 heavy (non-hydrogen) atoms. The number of hydrogen-bond donors (Lipinski definition) is 1. The Morgan fingerprint density at radius 3 is 2.62 bits per heavy atom. The Bertz CT molecular complexity index is 374. The molecule has 0 unspecified atom stereocenters. The number of aliphatic hydroxyl groups excluding tert-OH is 1. The normalized spacial score (nSPS) is 50.1. The third-order valence-corrected chi connectivity index (χ3v) is 3.67. The lowest BCUT2D eigenvalue weighted by Crippen LogP contribution is -2.14. The van der Waals surface area contributed by atoms with Crippen LogP contribution in [0, 0.1) is 23.6 Å². The topological polar surface area (TPSA) is 20.2 Å². The summed E-state index contributed by atoms with van der Waals surface area (Å²) in [7, 11) is 0. The summed E-state index contributed by atoms with van der Waals surface area (Å²) >= 11 is 0. The molecule has 0 spiro atoms. The number of hydrogen-bond acceptors (Lipinski definition) is 1. The zero-order valence-electron chi connectivity index (χ0n) is 15.0. The van der Waals surface area contributed by atoms with Crippen LogP contribution in [-0.2, 0) is 0 Å². The summed E-state index contributed by atoms with van der Waals surface area (Å²) in [6.45, 7) is 7.68. The molecule has 1 heteroatoms. The Hall–Kier alpha value is -0.460. The van der Waals surface area contributed by atoms with Crippen molar-refractivity contribution in [3.8, 4) is 0 Å². The summed E-state index contributed by atoms with van der Waals surface area (Å²) in [6.07, 6.45) is 0.812. The van der Waals surface area contributed by atoms with Crippen molar-refractivity contribution in [2.45, 2.75) is 59.8 Å². The highest BCUT2D eigenvalue weighted by Crippen LogP contribution is 2.30. The molecule has 0 aromatic rings. The highest BCUT2D eigenvalue weighted by atomic mass is 16.3. The van der Waals surface area contributed by atoms with Gasteiger partial charge in [-0.15, -0.1) is 0 Å². The molecule has 0 bridgehead atoms. The van der Waals surface area contributed by atoms with Crippen LogP contribution >= 0.6 is 0 Å². The van der Waals surface area contributed by atoms with Crippen molar-refractivity contribution in [1.29, 1.82) is 0 Å². The second-order valence-corrected chi connectivity index (χ2v) is 5.44. The molecule has 0 aromatic carbocycles. The molecule has 3 atom stereocenters. The number of aliphatic hydroxyl groups is 1. The molecule has 0 saturated heterocycles. The van der Waals surface area contributed by atoms with Crippen molar-refractivity contribution < 1.29 is 10.6 Å². The first-order valence-corrected chi connectivity index (χ1v) is 6.41. The predicted molar refractivity (Wildman–Crippen MR) is 70.5 cm³/mol. The van der Waals surface area contributed by atoms with Gasteiger partial charge >= 0.3 is 0 Å². The molecule has 0 aromatic heterocycles. The SMILES string of the molecule is [2H]/C1=C(\O)[C@H](C)CC[C@@H](C(C)C)CC[C@@]([2H])(C)C1([2H])[2H]. The van der Waals surface area contributed by atoms with Crippen LogP contribution in [0.15, 0.2) is 11.8 Å². The Balaban J connectivity index is 3.18. The van der Waals surface area contributed by atoms with Gasteiger partial charge in [-0.05, 0) is 49.4 Å². The third-order valence-electron chi connectivity index (χ3n) is 3.67. The van der Waals surface area contributed by atoms with Gasteiger partial charge in [0.25, 0.3) is 0 Å². The smallest absolute Gasteiger partial charge is 0.0911 e. The fraction of sp³-hybridized carbons (Fsp3) is 0.867. The van der Waals surface area contributed by atoms with Crippen LogP contribution in [0.25, 0.3) is 0 Å². The summed E-state index contributed by atoms with van der Waals surface area (Å²) in [6, 6.07) is -0.412. The lowest BCUT2D eigenvalue weighted by Gasteiger charge is -2.25. The number of allylic oxidation sites excluding steroid dienone is 2. The summed E-state index contributed by atoms with van der Waals surface area (Å²) < 4.78 is 32.5. The molecule has 1 aliphatic rings. The monoisotopic (exact) mass is 228 g/mol. The summed E-state index contributed by atoms with van der Waals surface area (Å²) in [4.78, 5) is 0. The average Bonchev–Trinajstić information content (AvgIpc) is 2.34. The van der Waals surface area contributed by atoms with Gasteiger partial charge in [0.2, 0.25) is 0 Å². The molecule has 0 amide bonds. The van der Waals surface area contributed by atoms with Crippen LogP contribution in [0.2, 0.25) is 0 Å². The van der Waals surface area contributed by atoms with E-state index in [0.29, 0.717) is 18.3 Å². The molecule has 0 aliphatic heterocycles. The maximum absolute atomic E-state index is 10.1. The molecule has 94 valence electrons. The van der Waals surface area contributed by atoms with Gasteiger partial charge in [0, 0.05) is 10.0 Å². The van der Waals surface area contributed by atoms with Crippen molar-refractivity contribution in [2.24, 2.45) is 23.6 Å². The van der Waals surface area contributed by atoms with Gasteiger partial charge in [-0.25, -0.2) is 0 Å². The van der Waals surface area contributed by atoms with Gasteiger partial charge in [-0.1, -0.05) is 34.1 Å². The van der Waals surface area contributed by atoms with Crippen LogP contribution in [-0.4, -0.2) is 5.11 Å². The number of rotatable bonds is 1. The van der Waals surface area contributed by atoms with Crippen molar-refractivity contribution in [1.82, 2.24) is 0 Å². The first-order chi connectivity index (χ1) is 9.00. The van der Waals surface area contributed by atoms with Gasteiger partial charge in [0.15, 0.2) is 0 Å². The van der Waals surface area contributed by atoms with Gasteiger partial charge < -0.3 is 5.11 Å². The Morgan fingerprint density at radius 1 is 1.38 bits per heavy atom. The predicted octanol–water partition coefficient (Wildman–Crippen LogP) is 4.94. The van der Waals surface area contributed by atoms with E-state index in [1.807, 2.05) is 6.92 Å². The molecule has 1 nitrogen and oxygen atoms in total. The Labute approximate surface area is 107 Å². The van der Waals surface area contributed by atoms with Gasteiger partial charge in [0.1, 0.15) is 0 Å². The van der Waals surface area contributed by atoms with E-state index in [0.717, 1.165) is 19.3 Å². The first-order valence-electron chi connectivity index (χ1n) is 8.41. The maximum Gasteiger partial charge on any atom is 0.0911 e. The van der Waals surface area contributed by atoms with Gasteiger partial charge in [-0.3, -0.25) is 0 Å². The fourth-order valence-corrected chi connectivity index (χ4v) is 2.17. The summed E-state index contributed by atoms with van der Waals surface area (Å²) in [5.74, 6) is -0.851. The average molecular weight is 228 g/mol. The largest absolute Gasteiger partial charge is 0.512 e. The molecule has 1 aliphatic carbocycles. The highest BCUT2D eigenvalue weighted by Gasteiger charge is 2.18. The quantitative estimate of drug-likeness (QED) is 0.674. The van der Waals surface area contributed by atoms with Crippen molar-refractivity contribution in [3.05, 3.63) is 11.8 Å². The van der Waals surface area contributed by atoms with Crippen LogP contribution < -0.4 is 0 Å². The first kappa shape index (κ1) is 8.60. The van der Waals surface area contributed by atoms with E-state index in [2.05, 4.69) is 13.8 Å². The minimum Gasteiger partial charge on any atom is -0.512 e.